The summed E-state index contributed by atoms with van der Waals surface area (Å²) in [5, 5.41) is 8.08. The molecule has 0 radical (unpaired) electrons. The lowest BCUT2D eigenvalue weighted by molar-refractivity contribution is 0.340. The second-order valence-electron chi connectivity index (χ2n) is 5.19. The average molecular weight is 287 g/mol. The molecular weight excluding hydrogens is 262 g/mol. The first kappa shape index (κ1) is 15.6. The van der Waals surface area contributed by atoms with Crippen LogP contribution in [0.5, 0.6) is 5.75 Å². The molecule has 0 amide bonds. The van der Waals surface area contributed by atoms with Gasteiger partial charge < -0.3 is 10.1 Å². The van der Waals surface area contributed by atoms with Crippen LogP contribution in [0.2, 0.25) is 0 Å². The van der Waals surface area contributed by atoms with Crippen molar-refractivity contribution in [2.24, 2.45) is 0 Å². The van der Waals surface area contributed by atoms with Crippen LogP contribution in [-0.2, 0) is 6.54 Å². The molecule has 0 fully saturated rings. The number of aromatic nitrogens is 2. The van der Waals surface area contributed by atoms with Gasteiger partial charge in [0.15, 0.2) is 0 Å². The minimum atomic E-state index is 0.264. The van der Waals surface area contributed by atoms with Gasteiger partial charge in [0, 0.05) is 6.20 Å². The van der Waals surface area contributed by atoms with Crippen LogP contribution in [0, 0.1) is 6.92 Å². The van der Waals surface area contributed by atoms with Gasteiger partial charge in [-0.3, -0.25) is 4.68 Å². The van der Waals surface area contributed by atoms with Crippen molar-refractivity contribution in [2.45, 2.75) is 39.8 Å². The Morgan fingerprint density at radius 3 is 2.52 bits per heavy atom. The first-order valence-corrected chi connectivity index (χ1v) is 7.69. The maximum atomic E-state index is 5.51. The van der Waals surface area contributed by atoms with Crippen LogP contribution in [0.1, 0.15) is 37.6 Å². The van der Waals surface area contributed by atoms with Crippen molar-refractivity contribution in [3.8, 4) is 5.75 Å². The molecular formula is C17H25N3O. The fourth-order valence-corrected chi connectivity index (χ4v) is 2.32. The van der Waals surface area contributed by atoms with E-state index in [1.165, 1.54) is 5.56 Å². The number of aryl methyl sites for hydroxylation is 1. The summed E-state index contributed by atoms with van der Waals surface area (Å²) in [7, 11) is 0. The van der Waals surface area contributed by atoms with Crippen LogP contribution in [0.15, 0.2) is 36.5 Å². The maximum absolute atomic E-state index is 5.51. The summed E-state index contributed by atoms with van der Waals surface area (Å²) in [4.78, 5) is 0. The van der Waals surface area contributed by atoms with E-state index in [9.17, 15) is 0 Å². The molecule has 1 aromatic heterocycles. The summed E-state index contributed by atoms with van der Waals surface area (Å²) in [6.45, 7) is 8.73. The Kier molecular flexibility index (Phi) is 5.81. The molecule has 0 saturated carbocycles. The lowest BCUT2D eigenvalue weighted by atomic mass is 10.1. The Bertz CT molecular complexity index is 533. The van der Waals surface area contributed by atoms with Crippen molar-refractivity contribution >= 4 is 0 Å². The first-order valence-electron chi connectivity index (χ1n) is 7.69. The summed E-state index contributed by atoms with van der Waals surface area (Å²) >= 11 is 0. The molecule has 1 heterocycles. The molecule has 1 atom stereocenters. The van der Waals surface area contributed by atoms with E-state index in [1.54, 1.807) is 0 Å². The summed E-state index contributed by atoms with van der Waals surface area (Å²) in [5.41, 5.74) is 2.32. The van der Waals surface area contributed by atoms with Gasteiger partial charge in [0.05, 0.1) is 24.9 Å². The number of hydrogen-bond donors (Lipinski definition) is 1. The predicted octanol–water partition coefficient (Wildman–Crippen LogP) is 3.33. The van der Waals surface area contributed by atoms with Gasteiger partial charge in [0.25, 0.3) is 0 Å². The van der Waals surface area contributed by atoms with Gasteiger partial charge in [-0.15, -0.1) is 0 Å². The summed E-state index contributed by atoms with van der Waals surface area (Å²) in [5.74, 6) is 0.922. The normalized spacial score (nSPS) is 12.3. The lowest BCUT2D eigenvalue weighted by Gasteiger charge is -2.19. The Morgan fingerprint density at radius 1 is 1.19 bits per heavy atom. The zero-order chi connectivity index (χ0) is 15.1. The van der Waals surface area contributed by atoms with Gasteiger partial charge in [-0.1, -0.05) is 19.1 Å². The highest BCUT2D eigenvalue weighted by Crippen LogP contribution is 2.19. The molecule has 0 aliphatic heterocycles. The molecule has 4 heteroatoms. The van der Waals surface area contributed by atoms with Crippen LogP contribution in [-0.4, -0.2) is 22.9 Å². The second-order valence-corrected chi connectivity index (χ2v) is 5.19. The molecule has 0 saturated heterocycles. The molecule has 1 N–H and O–H groups in total. The predicted molar refractivity (Wildman–Crippen MR) is 85.6 cm³/mol. The highest BCUT2D eigenvalue weighted by atomic mass is 16.5. The van der Waals surface area contributed by atoms with Crippen molar-refractivity contribution in [3.05, 3.63) is 47.8 Å². The molecule has 2 rings (SSSR count). The lowest BCUT2D eigenvalue weighted by Crippen LogP contribution is -2.26. The molecule has 0 aliphatic rings. The van der Waals surface area contributed by atoms with Gasteiger partial charge in [0.1, 0.15) is 5.75 Å². The smallest absolute Gasteiger partial charge is 0.119 e. The molecule has 1 aromatic carbocycles. The van der Waals surface area contributed by atoms with Crippen molar-refractivity contribution in [2.75, 3.05) is 13.2 Å². The molecule has 0 bridgehead atoms. The summed E-state index contributed by atoms with van der Waals surface area (Å²) < 4.78 is 7.50. The van der Waals surface area contributed by atoms with E-state index in [1.807, 2.05) is 42.9 Å². The van der Waals surface area contributed by atoms with Gasteiger partial charge in [0.2, 0.25) is 0 Å². The van der Waals surface area contributed by atoms with E-state index in [0.717, 1.165) is 31.0 Å². The Hall–Kier alpha value is -1.81. The van der Waals surface area contributed by atoms with Gasteiger partial charge >= 0.3 is 0 Å². The number of nitrogens with zero attached hydrogens (tertiary/aromatic N) is 2. The molecule has 4 nitrogen and oxygen atoms in total. The molecule has 114 valence electrons. The molecule has 0 spiro atoms. The SMILES string of the molecule is CCCNC(Cn1ccc(C)n1)c1ccc(OCC)cc1. The quantitative estimate of drug-likeness (QED) is 0.809. The number of ether oxygens (including phenoxy) is 1. The monoisotopic (exact) mass is 287 g/mol. The van der Waals surface area contributed by atoms with Gasteiger partial charge in [-0.05, 0) is 50.6 Å². The third kappa shape index (κ3) is 4.60. The fourth-order valence-electron chi connectivity index (χ4n) is 2.32. The second kappa shape index (κ2) is 7.84. The third-order valence-corrected chi connectivity index (χ3v) is 3.38. The van der Waals surface area contributed by atoms with Crippen LogP contribution < -0.4 is 10.1 Å². The highest BCUT2D eigenvalue weighted by molar-refractivity contribution is 5.29. The van der Waals surface area contributed by atoms with Crippen LogP contribution in [0.4, 0.5) is 0 Å². The number of benzene rings is 1. The van der Waals surface area contributed by atoms with Gasteiger partial charge in [-0.25, -0.2) is 0 Å². The Morgan fingerprint density at radius 2 is 1.95 bits per heavy atom. The van der Waals surface area contributed by atoms with E-state index < -0.39 is 0 Å². The van der Waals surface area contributed by atoms with E-state index >= 15 is 0 Å². The Labute approximate surface area is 127 Å². The number of rotatable bonds is 8. The van der Waals surface area contributed by atoms with Gasteiger partial charge in [-0.2, -0.15) is 5.10 Å². The largest absolute Gasteiger partial charge is 0.494 e. The van der Waals surface area contributed by atoms with E-state index in [0.29, 0.717) is 6.61 Å². The van der Waals surface area contributed by atoms with Crippen LogP contribution in [0.3, 0.4) is 0 Å². The minimum Gasteiger partial charge on any atom is -0.494 e. The molecule has 0 aliphatic carbocycles. The fraction of sp³-hybridized carbons (Fsp3) is 0.471. The van der Waals surface area contributed by atoms with Crippen LogP contribution in [0.25, 0.3) is 0 Å². The number of nitrogens with one attached hydrogen (secondary N) is 1. The highest BCUT2D eigenvalue weighted by Gasteiger charge is 2.12. The zero-order valence-electron chi connectivity index (χ0n) is 13.2. The van der Waals surface area contributed by atoms with Crippen molar-refractivity contribution in [1.82, 2.24) is 15.1 Å². The standard InChI is InChI=1S/C17H25N3O/c1-4-11-18-17(13-20-12-10-14(3)19-20)15-6-8-16(9-7-15)21-5-2/h6-10,12,17-18H,4-5,11,13H2,1-3H3. The first-order chi connectivity index (χ1) is 10.2. The van der Waals surface area contributed by atoms with Crippen molar-refractivity contribution < 1.29 is 4.74 Å². The van der Waals surface area contributed by atoms with Crippen molar-refractivity contribution in [3.63, 3.8) is 0 Å². The summed E-state index contributed by atoms with van der Waals surface area (Å²) in [6, 6.07) is 10.6. The maximum Gasteiger partial charge on any atom is 0.119 e. The summed E-state index contributed by atoms with van der Waals surface area (Å²) in [6.07, 6.45) is 3.15. The minimum absolute atomic E-state index is 0.264. The van der Waals surface area contributed by atoms with Crippen molar-refractivity contribution in [1.29, 1.82) is 0 Å². The molecule has 2 aromatic rings. The van der Waals surface area contributed by atoms with E-state index in [2.05, 4.69) is 29.5 Å². The zero-order valence-corrected chi connectivity index (χ0v) is 13.2. The molecule has 1 unspecified atom stereocenters. The third-order valence-electron chi connectivity index (χ3n) is 3.38. The Balaban J connectivity index is 2.10. The van der Waals surface area contributed by atoms with E-state index in [4.69, 9.17) is 4.74 Å². The number of hydrogen-bond acceptors (Lipinski definition) is 3. The molecule has 21 heavy (non-hydrogen) atoms. The van der Waals surface area contributed by atoms with Crippen LogP contribution >= 0.6 is 0 Å². The average Bonchev–Trinajstić information content (AvgIpc) is 2.90. The topological polar surface area (TPSA) is 39.1 Å². The van der Waals surface area contributed by atoms with E-state index in [-0.39, 0.29) is 6.04 Å².